The molecule has 7 nitrogen and oxygen atoms in total. The summed E-state index contributed by atoms with van der Waals surface area (Å²) in [6.45, 7) is 6.67. The lowest BCUT2D eigenvalue weighted by Gasteiger charge is -2.33. The van der Waals surface area contributed by atoms with Gasteiger partial charge in [0.25, 0.3) is 11.3 Å². The maximum absolute atomic E-state index is 13.8. The van der Waals surface area contributed by atoms with E-state index in [1.165, 1.54) is 5.56 Å². The number of benzene rings is 2. The quantitative estimate of drug-likeness (QED) is 0.527. The number of hydrogen-bond acceptors (Lipinski definition) is 5. The van der Waals surface area contributed by atoms with Crippen molar-refractivity contribution in [3.8, 4) is 17.0 Å². The molecule has 30 heavy (non-hydrogen) atoms. The zero-order chi connectivity index (χ0) is 21.0. The first-order valence-corrected chi connectivity index (χ1v) is 9.97. The van der Waals surface area contributed by atoms with Crippen LogP contribution in [0.2, 0.25) is 0 Å². The molecule has 1 aliphatic rings. The number of methoxy groups -OCH3 is 1. The molecule has 0 saturated heterocycles. The van der Waals surface area contributed by atoms with E-state index >= 15 is 0 Å². The minimum Gasteiger partial charge on any atom is -0.497 e. The molecule has 4 aromatic rings. The lowest BCUT2D eigenvalue weighted by atomic mass is 9.72. The van der Waals surface area contributed by atoms with Crippen LogP contribution in [0.3, 0.4) is 0 Å². The van der Waals surface area contributed by atoms with Gasteiger partial charge in [0.05, 0.1) is 24.9 Å². The van der Waals surface area contributed by atoms with Gasteiger partial charge < -0.3 is 4.74 Å². The standard InChI is InChI=1S/C23H23N5O2/c1-14-5-8-16-12-23(2,3)19-20(18(16)11-14)28-22(24-25-26-28)27(21(19)29)13-15-6-9-17(30-4)10-7-15/h5-11H,12-13H2,1-4H3. The molecule has 2 heterocycles. The van der Waals surface area contributed by atoms with E-state index in [0.29, 0.717) is 12.3 Å². The van der Waals surface area contributed by atoms with Crippen LogP contribution in [-0.4, -0.2) is 31.7 Å². The van der Waals surface area contributed by atoms with Crippen LogP contribution in [0, 0.1) is 6.92 Å². The molecular weight excluding hydrogens is 378 g/mol. The molecule has 152 valence electrons. The van der Waals surface area contributed by atoms with E-state index in [4.69, 9.17) is 4.74 Å². The zero-order valence-electron chi connectivity index (χ0n) is 17.5. The van der Waals surface area contributed by atoms with Crippen LogP contribution in [0.5, 0.6) is 5.75 Å². The third kappa shape index (κ3) is 2.73. The molecule has 0 N–H and O–H groups in total. The number of aryl methyl sites for hydroxylation is 1. The van der Waals surface area contributed by atoms with E-state index in [0.717, 1.165) is 40.1 Å². The van der Waals surface area contributed by atoms with Crippen LogP contribution in [0.15, 0.2) is 47.3 Å². The molecule has 0 amide bonds. The Balaban J connectivity index is 1.78. The highest BCUT2D eigenvalue weighted by Crippen LogP contribution is 2.41. The van der Waals surface area contributed by atoms with Crippen molar-refractivity contribution in [1.82, 2.24) is 24.6 Å². The predicted octanol–water partition coefficient (Wildman–Crippen LogP) is 3.15. The zero-order valence-corrected chi connectivity index (χ0v) is 17.5. The molecule has 0 radical (unpaired) electrons. The topological polar surface area (TPSA) is 74.3 Å². The molecule has 7 heteroatoms. The molecule has 1 aliphatic carbocycles. The van der Waals surface area contributed by atoms with Crippen LogP contribution >= 0.6 is 0 Å². The number of nitrogens with zero attached hydrogens (tertiary/aromatic N) is 5. The first-order chi connectivity index (χ1) is 14.4. The van der Waals surface area contributed by atoms with Gasteiger partial charge in [0, 0.05) is 11.0 Å². The van der Waals surface area contributed by atoms with Crippen molar-refractivity contribution in [2.75, 3.05) is 7.11 Å². The van der Waals surface area contributed by atoms with Gasteiger partial charge in [-0.3, -0.25) is 9.36 Å². The summed E-state index contributed by atoms with van der Waals surface area (Å²) in [5.41, 5.74) is 5.56. The number of aromatic nitrogens is 5. The monoisotopic (exact) mass is 401 g/mol. The third-order valence-electron chi connectivity index (χ3n) is 5.93. The third-order valence-corrected chi connectivity index (χ3v) is 5.93. The Kier molecular flexibility index (Phi) is 4.03. The highest BCUT2D eigenvalue weighted by molar-refractivity contribution is 5.73. The molecule has 0 atom stereocenters. The summed E-state index contributed by atoms with van der Waals surface area (Å²) in [5, 5.41) is 12.4. The smallest absolute Gasteiger partial charge is 0.259 e. The normalized spacial score (nSPS) is 14.4. The van der Waals surface area contributed by atoms with Gasteiger partial charge in [0.15, 0.2) is 0 Å². The summed E-state index contributed by atoms with van der Waals surface area (Å²) in [5.74, 6) is 1.22. The Morgan fingerprint density at radius 2 is 1.90 bits per heavy atom. The van der Waals surface area contributed by atoms with Gasteiger partial charge >= 0.3 is 0 Å². The van der Waals surface area contributed by atoms with Crippen molar-refractivity contribution in [3.63, 3.8) is 0 Å². The summed E-state index contributed by atoms with van der Waals surface area (Å²) >= 11 is 0. The summed E-state index contributed by atoms with van der Waals surface area (Å²) in [6, 6.07) is 14.1. The van der Waals surface area contributed by atoms with Gasteiger partial charge in [-0.2, -0.15) is 4.52 Å². The molecule has 0 unspecified atom stereocenters. The number of rotatable bonds is 3. The van der Waals surface area contributed by atoms with E-state index in [1.807, 2.05) is 24.3 Å². The van der Waals surface area contributed by atoms with Gasteiger partial charge in [0.2, 0.25) is 0 Å². The first-order valence-electron chi connectivity index (χ1n) is 9.97. The van der Waals surface area contributed by atoms with Gasteiger partial charge in [-0.15, -0.1) is 0 Å². The molecule has 2 aromatic heterocycles. The fourth-order valence-corrected chi connectivity index (χ4v) is 4.47. The van der Waals surface area contributed by atoms with Gasteiger partial charge in [0.1, 0.15) is 5.75 Å². The number of fused-ring (bicyclic) bond motifs is 5. The Morgan fingerprint density at radius 3 is 2.63 bits per heavy atom. The number of ether oxygens (including phenoxy) is 1. The minimum absolute atomic E-state index is 0.0414. The Morgan fingerprint density at radius 1 is 1.13 bits per heavy atom. The minimum atomic E-state index is -0.337. The maximum atomic E-state index is 13.8. The van der Waals surface area contributed by atoms with Gasteiger partial charge in [-0.05, 0) is 53.1 Å². The van der Waals surface area contributed by atoms with E-state index in [9.17, 15) is 4.79 Å². The first kappa shape index (κ1) is 18.5. The summed E-state index contributed by atoms with van der Waals surface area (Å²) in [4.78, 5) is 13.8. The highest BCUT2D eigenvalue weighted by atomic mass is 16.5. The summed E-state index contributed by atoms with van der Waals surface area (Å²) in [6.07, 6.45) is 0.793. The molecule has 0 saturated carbocycles. The second-order valence-electron chi connectivity index (χ2n) is 8.57. The van der Waals surface area contributed by atoms with E-state index < -0.39 is 0 Å². The molecule has 0 spiro atoms. The van der Waals surface area contributed by atoms with Gasteiger partial charge in [-0.1, -0.05) is 48.8 Å². The molecular formula is C23H23N5O2. The average molecular weight is 401 g/mol. The number of tetrazole rings is 1. The molecule has 0 aliphatic heterocycles. The summed E-state index contributed by atoms with van der Waals surface area (Å²) in [7, 11) is 1.63. The maximum Gasteiger partial charge on any atom is 0.259 e. The fraction of sp³-hybridized carbons (Fsp3) is 0.304. The Hall–Kier alpha value is -3.48. The van der Waals surface area contributed by atoms with E-state index in [2.05, 4.69) is 54.5 Å². The lowest BCUT2D eigenvalue weighted by molar-refractivity contribution is 0.414. The lowest BCUT2D eigenvalue weighted by Crippen LogP contribution is -2.39. The van der Waals surface area contributed by atoms with Crippen LogP contribution in [-0.2, 0) is 18.4 Å². The summed E-state index contributed by atoms with van der Waals surface area (Å²) < 4.78 is 8.63. The number of hydrogen-bond donors (Lipinski definition) is 0. The molecule has 0 bridgehead atoms. The average Bonchev–Trinajstić information content (AvgIpc) is 3.20. The van der Waals surface area contributed by atoms with Crippen molar-refractivity contribution in [3.05, 3.63) is 75.1 Å². The van der Waals surface area contributed by atoms with Crippen molar-refractivity contribution >= 4 is 5.78 Å². The Labute approximate surface area is 173 Å². The van der Waals surface area contributed by atoms with Crippen LogP contribution in [0.4, 0.5) is 0 Å². The second kappa shape index (κ2) is 6.52. The fourth-order valence-electron chi connectivity index (χ4n) is 4.47. The Bertz CT molecular complexity index is 1330. The van der Waals surface area contributed by atoms with Crippen molar-refractivity contribution in [1.29, 1.82) is 0 Å². The largest absolute Gasteiger partial charge is 0.497 e. The van der Waals surface area contributed by atoms with Crippen molar-refractivity contribution < 1.29 is 4.74 Å². The van der Waals surface area contributed by atoms with Crippen molar-refractivity contribution in [2.24, 2.45) is 0 Å². The predicted molar refractivity (Wildman–Crippen MR) is 114 cm³/mol. The van der Waals surface area contributed by atoms with Crippen LogP contribution in [0.25, 0.3) is 17.0 Å². The van der Waals surface area contributed by atoms with Crippen molar-refractivity contribution in [2.45, 2.75) is 39.2 Å². The van der Waals surface area contributed by atoms with Crippen LogP contribution < -0.4 is 10.3 Å². The van der Waals surface area contributed by atoms with Crippen LogP contribution in [0.1, 0.15) is 36.1 Å². The molecule has 2 aromatic carbocycles. The van der Waals surface area contributed by atoms with E-state index in [1.54, 1.807) is 16.2 Å². The molecule has 0 fully saturated rings. The highest BCUT2D eigenvalue weighted by Gasteiger charge is 2.37. The van der Waals surface area contributed by atoms with Gasteiger partial charge in [-0.25, -0.2) is 0 Å². The van der Waals surface area contributed by atoms with E-state index in [-0.39, 0.29) is 11.0 Å². The SMILES string of the molecule is COc1ccc(Cn2c(=O)c3c(n4nnnc24)-c2cc(C)ccc2CC3(C)C)cc1. The second-order valence-corrected chi connectivity index (χ2v) is 8.57. The molecule has 5 rings (SSSR count).